The number of hydrogen-bond acceptors (Lipinski definition) is 8. The third-order valence-corrected chi connectivity index (χ3v) is 5.59. The predicted octanol–water partition coefficient (Wildman–Crippen LogP) is 3.79. The minimum absolute atomic E-state index is 0.0456. The number of pyridine rings is 2. The Kier molecular flexibility index (Phi) is 5.79. The quantitative estimate of drug-likeness (QED) is 0.477. The third-order valence-electron chi connectivity index (χ3n) is 4.71. The molecule has 0 atom stereocenters. The van der Waals surface area contributed by atoms with E-state index in [2.05, 4.69) is 15.3 Å². The van der Waals surface area contributed by atoms with Gasteiger partial charge in [0, 0.05) is 38.6 Å². The molecular weight excluding hydrogens is 412 g/mol. The number of rotatable bonds is 6. The lowest BCUT2D eigenvalue weighted by molar-refractivity contribution is 0.0827. The van der Waals surface area contributed by atoms with Crippen LogP contribution in [0.3, 0.4) is 0 Å². The van der Waals surface area contributed by atoms with Crippen molar-refractivity contribution in [1.82, 2.24) is 19.9 Å². The minimum atomic E-state index is -0.0460. The number of aromatic nitrogens is 3. The van der Waals surface area contributed by atoms with Crippen LogP contribution in [0.5, 0.6) is 0 Å². The van der Waals surface area contributed by atoms with Crippen molar-refractivity contribution in [2.75, 3.05) is 31.4 Å². The van der Waals surface area contributed by atoms with Crippen molar-refractivity contribution in [3.63, 3.8) is 0 Å². The number of anilines is 4. The Morgan fingerprint density at radius 1 is 1.10 bits per heavy atom. The first kappa shape index (κ1) is 20.7. The summed E-state index contributed by atoms with van der Waals surface area (Å²) < 4.78 is 0. The lowest BCUT2D eigenvalue weighted by atomic mass is 10.1. The van der Waals surface area contributed by atoms with E-state index in [0.29, 0.717) is 16.5 Å². The molecule has 3 heterocycles. The van der Waals surface area contributed by atoms with Crippen LogP contribution in [0.4, 0.5) is 22.5 Å². The van der Waals surface area contributed by atoms with Crippen LogP contribution in [0.25, 0.3) is 10.3 Å². The number of thiazole rings is 1. The van der Waals surface area contributed by atoms with Gasteiger partial charge < -0.3 is 20.2 Å². The lowest BCUT2D eigenvalue weighted by Crippen LogP contribution is -2.22. The van der Waals surface area contributed by atoms with E-state index >= 15 is 0 Å². The molecule has 0 aliphatic heterocycles. The predicted molar refractivity (Wildman–Crippen MR) is 123 cm³/mol. The normalized spacial score (nSPS) is 10.8. The number of aliphatic hydroxyl groups is 1. The van der Waals surface area contributed by atoms with E-state index in [1.807, 2.05) is 42.3 Å². The number of carbonyl (C=O) groups excluding carboxylic acids is 1. The summed E-state index contributed by atoms with van der Waals surface area (Å²) in [6.45, 7) is -0.0460. The van der Waals surface area contributed by atoms with Crippen LogP contribution in [-0.4, -0.2) is 52.0 Å². The number of nitrogens with zero attached hydrogens (tertiary/aromatic N) is 5. The maximum atomic E-state index is 12.3. The maximum absolute atomic E-state index is 12.3. The lowest BCUT2D eigenvalue weighted by Gasteiger charge is -2.19. The molecule has 8 nitrogen and oxygen atoms in total. The number of carbonyl (C=O) groups is 1. The fourth-order valence-electron chi connectivity index (χ4n) is 3.04. The summed E-state index contributed by atoms with van der Waals surface area (Å²) in [5.74, 6) is 1.32. The molecule has 0 unspecified atom stereocenters. The van der Waals surface area contributed by atoms with Gasteiger partial charge in [-0.1, -0.05) is 17.4 Å². The van der Waals surface area contributed by atoms with Crippen LogP contribution in [-0.2, 0) is 6.61 Å². The smallest absolute Gasteiger partial charge is 0.253 e. The zero-order chi connectivity index (χ0) is 22.0. The van der Waals surface area contributed by atoms with Crippen LogP contribution >= 0.6 is 11.3 Å². The molecule has 2 N–H and O–H groups in total. The largest absolute Gasteiger partial charge is 0.392 e. The van der Waals surface area contributed by atoms with Crippen LogP contribution in [0.15, 0.2) is 54.7 Å². The Morgan fingerprint density at radius 2 is 1.94 bits per heavy atom. The molecule has 4 aromatic rings. The Bertz CT molecular complexity index is 1240. The Balaban J connectivity index is 1.59. The summed E-state index contributed by atoms with van der Waals surface area (Å²) in [6.07, 6.45) is 1.64. The molecule has 0 aliphatic rings. The van der Waals surface area contributed by atoms with E-state index in [-0.39, 0.29) is 12.5 Å². The molecule has 0 aliphatic carbocycles. The van der Waals surface area contributed by atoms with Crippen LogP contribution < -0.4 is 10.2 Å². The number of nitrogens with one attached hydrogen (secondary N) is 1. The first-order valence-corrected chi connectivity index (χ1v) is 10.4. The summed E-state index contributed by atoms with van der Waals surface area (Å²) >= 11 is 1.42. The second-order valence-corrected chi connectivity index (χ2v) is 8.13. The van der Waals surface area contributed by atoms with Gasteiger partial charge in [0.1, 0.15) is 22.0 Å². The fourth-order valence-corrected chi connectivity index (χ4v) is 3.88. The van der Waals surface area contributed by atoms with Gasteiger partial charge in [-0.15, -0.1) is 0 Å². The summed E-state index contributed by atoms with van der Waals surface area (Å²) in [5.41, 5.74) is 3.04. The summed E-state index contributed by atoms with van der Waals surface area (Å²) in [6, 6.07) is 14.8. The average Bonchev–Trinajstić information content (AvgIpc) is 3.19. The molecule has 3 aromatic heterocycles. The van der Waals surface area contributed by atoms with Gasteiger partial charge in [0.05, 0.1) is 6.61 Å². The molecule has 0 spiro atoms. The van der Waals surface area contributed by atoms with E-state index in [9.17, 15) is 9.90 Å². The van der Waals surface area contributed by atoms with Crippen LogP contribution in [0, 0.1) is 0 Å². The average molecular weight is 435 g/mol. The van der Waals surface area contributed by atoms with Gasteiger partial charge in [0.2, 0.25) is 0 Å². The highest BCUT2D eigenvalue weighted by molar-refractivity contribution is 7.21. The van der Waals surface area contributed by atoms with Gasteiger partial charge in [-0.05, 0) is 48.0 Å². The number of hydrogen-bond donors (Lipinski definition) is 2. The van der Waals surface area contributed by atoms with Crippen molar-refractivity contribution < 1.29 is 9.90 Å². The molecule has 0 bridgehead atoms. The van der Waals surface area contributed by atoms with E-state index in [1.54, 1.807) is 43.4 Å². The Hall–Kier alpha value is -3.56. The van der Waals surface area contributed by atoms with Crippen molar-refractivity contribution in [1.29, 1.82) is 0 Å². The molecule has 9 heteroatoms. The van der Waals surface area contributed by atoms with Gasteiger partial charge >= 0.3 is 0 Å². The molecule has 0 saturated heterocycles. The number of fused-ring (bicyclic) bond motifs is 1. The molecular formula is C22H22N6O2S. The van der Waals surface area contributed by atoms with Crippen molar-refractivity contribution in [3.8, 4) is 0 Å². The van der Waals surface area contributed by atoms with Crippen molar-refractivity contribution in [2.24, 2.45) is 0 Å². The first-order chi connectivity index (χ1) is 14.9. The first-order valence-electron chi connectivity index (χ1n) is 9.60. The van der Waals surface area contributed by atoms with Gasteiger partial charge in [-0.3, -0.25) is 4.79 Å². The summed E-state index contributed by atoms with van der Waals surface area (Å²) in [5, 5.41) is 13.1. The molecule has 1 amide bonds. The second kappa shape index (κ2) is 8.66. The highest BCUT2D eigenvalue weighted by atomic mass is 32.1. The summed E-state index contributed by atoms with van der Waals surface area (Å²) in [7, 11) is 5.39. The Labute approximate surface area is 183 Å². The van der Waals surface area contributed by atoms with E-state index in [1.165, 1.54) is 11.3 Å². The standard InChI is InChI=1S/C22H22N6O2S/c1-27(2)21(30)15-5-4-6-16(12-15)28(3)19-8-7-17-20(26-19)31-22(24-17)25-18-11-14(13-29)9-10-23-18/h4-12,29H,13H2,1-3H3,(H,23,24,25). The molecule has 1 aromatic carbocycles. The molecule has 31 heavy (non-hydrogen) atoms. The molecule has 0 saturated carbocycles. The zero-order valence-corrected chi connectivity index (χ0v) is 18.2. The van der Waals surface area contributed by atoms with E-state index in [0.717, 1.165) is 27.4 Å². The number of amides is 1. The van der Waals surface area contributed by atoms with Gasteiger partial charge in [-0.2, -0.15) is 0 Å². The number of benzene rings is 1. The van der Waals surface area contributed by atoms with Gasteiger partial charge in [0.15, 0.2) is 5.13 Å². The molecule has 0 radical (unpaired) electrons. The molecule has 4 rings (SSSR count). The zero-order valence-electron chi connectivity index (χ0n) is 17.4. The van der Waals surface area contributed by atoms with Gasteiger partial charge in [0.25, 0.3) is 5.91 Å². The molecule has 0 fully saturated rings. The monoisotopic (exact) mass is 434 g/mol. The summed E-state index contributed by atoms with van der Waals surface area (Å²) in [4.78, 5) is 30.1. The number of aliphatic hydroxyl groups excluding tert-OH is 1. The van der Waals surface area contributed by atoms with Crippen molar-refractivity contribution in [2.45, 2.75) is 6.61 Å². The Morgan fingerprint density at radius 3 is 2.71 bits per heavy atom. The van der Waals surface area contributed by atoms with E-state index in [4.69, 9.17) is 4.98 Å². The SMILES string of the molecule is CN(C)C(=O)c1cccc(N(C)c2ccc3nc(Nc4cc(CO)ccn4)sc3n2)c1. The highest BCUT2D eigenvalue weighted by Gasteiger charge is 2.13. The highest BCUT2D eigenvalue weighted by Crippen LogP contribution is 2.30. The van der Waals surface area contributed by atoms with E-state index < -0.39 is 0 Å². The second-order valence-electron chi connectivity index (χ2n) is 7.15. The maximum Gasteiger partial charge on any atom is 0.253 e. The van der Waals surface area contributed by atoms with Crippen molar-refractivity contribution in [3.05, 3.63) is 65.9 Å². The van der Waals surface area contributed by atoms with Crippen LogP contribution in [0.2, 0.25) is 0 Å². The van der Waals surface area contributed by atoms with Gasteiger partial charge in [-0.25, -0.2) is 15.0 Å². The third kappa shape index (κ3) is 4.47. The minimum Gasteiger partial charge on any atom is -0.392 e. The fraction of sp³-hybridized carbons (Fsp3) is 0.182. The topological polar surface area (TPSA) is 94.5 Å². The van der Waals surface area contributed by atoms with Crippen LogP contribution in [0.1, 0.15) is 15.9 Å². The van der Waals surface area contributed by atoms with Crippen molar-refractivity contribution >= 4 is 50.0 Å². The molecule has 158 valence electrons.